The van der Waals surface area contributed by atoms with Crippen molar-refractivity contribution in [3.63, 3.8) is 0 Å². The summed E-state index contributed by atoms with van der Waals surface area (Å²) in [6, 6.07) is 12.8. The molecule has 0 atom stereocenters. The lowest BCUT2D eigenvalue weighted by atomic mass is 10.2. The molecule has 0 saturated heterocycles. The smallest absolute Gasteiger partial charge is 0.300 e. The van der Waals surface area contributed by atoms with E-state index in [9.17, 15) is 9.59 Å². The summed E-state index contributed by atoms with van der Waals surface area (Å²) in [5.74, 6) is 0. The average molecular weight is 269 g/mol. The summed E-state index contributed by atoms with van der Waals surface area (Å²) in [5.41, 5.74) is 0.260. The summed E-state index contributed by atoms with van der Waals surface area (Å²) in [5, 5.41) is 8.51. The number of nitrogens with zero attached hydrogens (tertiary/aromatic N) is 3. The van der Waals surface area contributed by atoms with Crippen LogP contribution in [0.5, 0.6) is 0 Å². The average Bonchev–Trinajstić information content (AvgIpc) is 2.47. The molecule has 5 nitrogen and oxygen atoms in total. The highest BCUT2D eigenvalue weighted by molar-refractivity contribution is 5.15. The Hall–Kier alpha value is -2.61. The molecule has 0 aliphatic rings. The summed E-state index contributed by atoms with van der Waals surface area (Å²) < 4.78 is 2.68. The lowest BCUT2D eigenvalue weighted by molar-refractivity contribution is 0.561. The zero-order chi connectivity index (χ0) is 14.4. The number of hydrogen-bond donors (Lipinski definition) is 0. The Kier molecular flexibility index (Phi) is 4.51. The molecule has 1 aromatic heterocycles. The fourth-order valence-corrected chi connectivity index (χ4v) is 1.97. The van der Waals surface area contributed by atoms with Crippen LogP contribution in [0.25, 0.3) is 0 Å². The van der Waals surface area contributed by atoms with E-state index in [1.54, 1.807) is 0 Å². The predicted molar refractivity (Wildman–Crippen MR) is 75.4 cm³/mol. The van der Waals surface area contributed by atoms with Crippen LogP contribution < -0.4 is 11.2 Å². The van der Waals surface area contributed by atoms with Gasteiger partial charge in [0.05, 0.1) is 12.6 Å². The Morgan fingerprint density at radius 2 is 1.85 bits per heavy atom. The van der Waals surface area contributed by atoms with Gasteiger partial charge in [-0.05, 0) is 12.0 Å². The van der Waals surface area contributed by atoms with E-state index in [1.165, 1.54) is 21.4 Å². The number of aromatic nitrogens is 2. The number of benzene rings is 1. The van der Waals surface area contributed by atoms with E-state index in [1.807, 2.05) is 36.4 Å². The van der Waals surface area contributed by atoms with Gasteiger partial charge >= 0.3 is 5.69 Å². The second-order valence-electron chi connectivity index (χ2n) is 4.46. The second-order valence-corrected chi connectivity index (χ2v) is 4.46. The summed E-state index contributed by atoms with van der Waals surface area (Å²) in [7, 11) is 0. The van der Waals surface area contributed by atoms with Gasteiger partial charge < -0.3 is 4.57 Å². The SMILES string of the molecule is N#CCCCn1ccc(=O)n(Cc2ccccc2)c1=O. The molecule has 2 aromatic rings. The van der Waals surface area contributed by atoms with Crippen LogP contribution in [0, 0.1) is 11.3 Å². The van der Waals surface area contributed by atoms with Crippen molar-refractivity contribution in [2.24, 2.45) is 0 Å². The van der Waals surface area contributed by atoms with E-state index in [2.05, 4.69) is 0 Å². The molecule has 0 radical (unpaired) electrons. The fraction of sp³-hybridized carbons (Fsp3) is 0.267. The van der Waals surface area contributed by atoms with Crippen LogP contribution in [0.3, 0.4) is 0 Å². The molecule has 102 valence electrons. The number of rotatable bonds is 5. The van der Waals surface area contributed by atoms with Crippen molar-refractivity contribution in [2.75, 3.05) is 0 Å². The van der Waals surface area contributed by atoms with Gasteiger partial charge in [0.15, 0.2) is 0 Å². The van der Waals surface area contributed by atoms with Crippen LogP contribution in [0.15, 0.2) is 52.2 Å². The van der Waals surface area contributed by atoms with Gasteiger partial charge in [-0.3, -0.25) is 9.36 Å². The molecule has 0 N–H and O–H groups in total. The minimum absolute atomic E-state index is 0.262. The van der Waals surface area contributed by atoms with Gasteiger partial charge in [-0.1, -0.05) is 30.3 Å². The molecule has 0 amide bonds. The second kappa shape index (κ2) is 6.53. The Bertz CT molecular complexity index is 723. The topological polar surface area (TPSA) is 67.8 Å². The van der Waals surface area contributed by atoms with Gasteiger partial charge in [-0.25, -0.2) is 4.79 Å². The lowest BCUT2D eigenvalue weighted by Crippen LogP contribution is -2.39. The first-order chi connectivity index (χ1) is 9.72. The van der Waals surface area contributed by atoms with Crippen LogP contribution in [0.1, 0.15) is 18.4 Å². The minimum Gasteiger partial charge on any atom is -0.300 e. The van der Waals surface area contributed by atoms with Crippen molar-refractivity contribution in [2.45, 2.75) is 25.9 Å². The van der Waals surface area contributed by atoms with Gasteiger partial charge in [-0.15, -0.1) is 0 Å². The maximum absolute atomic E-state index is 12.2. The molecule has 0 bridgehead atoms. The highest BCUT2D eigenvalue weighted by Crippen LogP contribution is 1.99. The molecule has 0 fully saturated rings. The standard InChI is InChI=1S/C15H15N3O2/c16-9-4-5-10-17-11-8-14(19)18(15(17)20)12-13-6-2-1-3-7-13/h1-3,6-8,11H,4-5,10,12H2. The number of nitriles is 1. The Morgan fingerprint density at radius 3 is 2.55 bits per heavy atom. The summed E-state index contributed by atoms with van der Waals surface area (Å²) in [6.45, 7) is 0.707. The van der Waals surface area contributed by atoms with Crippen molar-refractivity contribution >= 4 is 0 Å². The third kappa shape index (κ3) is 3.23. The van der Waals surface area contributed by atoms with Gasteiger partial charge in [-0.2, -0.15) is 5.26 Å². The van der Waals surface area contributed by atoms with Crippen LogP contribution in [0.4, 0.5) is 0 Å². The van der Waals surface area contributed by atoms with Gasteiger partial charge in [0.1, 0.15) is 0 Å². The summed E-state index contributed by atoms with van der Waals surface area (Å²) in [6.07, 6.45) is 2.48. The monoisotopic (exact) mass is 269 g/mol. The van der Waals surface area contributed by atoms with Crippen LogP contribution in [-0.4, -0.2) is 9.13 Å². The molecule has 5 heteroatoms. The highest BCUT2D eigenvalue weighted by Gasteiger charge is 2.05. The van der Waals surface area contributed by atoms with Crippen molar-refractivity contribution in [3.05, 3.63) is 69.0 Å². The predicted octanol–water partition coefficient (Wildman–Crippen LogP) is 1.36. The quantitative estimate of drug-likeness (QED) is 0.770. The normalized spacial score (nSPS) is 10.2. The maximum Gasteiger partial charge on any atom is 0.331 e. The van der Waals surface area contributed by atoms with Crippen molar-refractivity contribution in [3.8, 4) is 6.07 Å². The van der Waals surface area contributed by atoms with Crippen LogP contribution in [0.2, 0.25) is 0 Å². The Morgan fingerprint density at radius 1 is 1.10 bits per heavy atom. The maximum atomic E-state index is 12.2. The fourth-order valence-electron chi connectivity index (χ4n) is 1.97. The summed E-state index contributed by atoms with van der Waals surface area (Å²) in [4.78, 5) is 24.1. The molecule has 1 heterocycles. The molecular formula is C15H15N3O2. The highest BCUT2D eigenvalue weighted by atomic mass is 16.2. The first-order valence-electron chi connectivity index (χ1n) is 6.43. The number of hydrogen-bond acceptors (Lipinski definition) is 3. The summed E-state index contributed by atoms with van der Waals surface area (Å²) >= 11 is 0. The third-order valence-electron chi connectivity index (χ3n) is 3.01. The van der Waals surface area contributed by atoms with E-state index >= 15 is 0 Å². The molecule has 0 unspecified atom stereocenters. The molecule has 0 aliphatic heterocycles. The van der Waals surface area contributed by atoms with Gasteiger partial charge in [0.2, 0.25) is 0 Å². The molecular weight excluding hydrogens is 254 g/mol. The minimum atomic E-state index is -0.334. The molecule has 20 heavy (non-hydrogen) atoms. The molecule has 0 spiro atoms. The van der Waals surface area contributed by atoms with Crippen molar-refractivity contribution in [1.82, 2.24) is 9.13 Å². The van der Waals surface area contributed by atoms with E-state index in [-0.39, 0.29) is 17.8 Å². The Balaban J connectivity index is 2.29. The van der Waals surface area contributed by atoms with E-state index in [0.29, 0.717) is 19.4 Å². The van der Waals surface area contributed by atoms with Gasteiger partial charge in [0, 0.05) is 25.2 Å². The third-order valence-corrected chi connectivity index (χ3v) is 3.01. The van der Waals surface area contributed by atoms with Crippen LogP contribution in [-0.2, 0) is 13.1 Å². The largest absolute Gasteiger partial charge is 0.331 e. The zero-order valence-corrected chi connectivity index (χ0v) is 11.0. The zero-order valence-electron chi connectivity index (χ0n) is 11.0. The van der Waals surface area contributed by atoms with Crippen molar-refractivity contribution < 1.29 is 0 Å². The molecule has 1 aromatic carbocycles. The lowest BCUT2D eigenvalue weighted by Gasteiger charge is -2.09. The van der Waals surface area contributed by atoms with E-state index in [0.717, 1.165) is 5.56 Å². The molecule has 0 aliphatic carbocycles. The first kappa shape index (κ1) is 13.8. The van der Waals surface area contributed by atoms with Crippen molar-refractivity contribution in [1.29, 1.82) is 5.26 Å². The molecule has 2 rings (SSSR count). The van der Waals surface area contributed by atoms with Gasteiger partial charge in [0.25, 0.3) is 5.56 Å². The number of aryl methyl sites for hydroxylation is 1. The first-order valence-corrected chi connectivity index (χ1v) is 6.43. The van der Waals surface area contributed by atoms with Crippen LogP contribution >= 0.6 is 0 Å². The Labute approximate surface area is 116 Å². The van der Waals surface area contributed by atoms with E-state index < -0.39 is 0 Å². The van der Waals surface area contributed by atoms with E-state index in [4.69, 9.17) is 5.26 Å². The number of unbranched alkanes of at least 4 members (excludes halogenated alkanes) is 1. The molecule has 0 saturated carbocycles.